The summed E-state index contributed by atoms with van der Waals surface area (Å²) in [6, 6.07) is 35.7. The molecule has 0 aliphatic heterocycles. The van der Waals surface area contributed by atoms with Crippen LogP contribution in [0.5, 0.6) is 0 Å². The van der Waals surface area contributed by atoms with E-state index in [-0.39, 0.29) is 0 Å². The van der Waals surface area contributed by atoms with Gasteiger partial charge in [-0.1, -0.05) is 66.7 Å². The highest BCUT2D eigenvalue weighted by Gasteiger charge is 2.16. The van der Waals surface area contributed by atoms with Crippen molar-refractivity contribution in [1.82, 2.24) is 0 Å². The predicted molar refractivity (Wildman–Crippen MR) is 109 cm³/mol. The summed E-state index contributed by atoms with van der Waals surface area (Å²) >= 11 is 0. The standard InChI is InChI=1S/C25H17O.ClHO4/c1-2-6-18(7-3-1)19-10-12-21(13-11-19)24-17-15-23-22-9-5-4-8-20(22)14-16-25(23)26-24;2-1(3,4)5/h1-17H;(H,2,3,4,5)/q+1;/p-1. The Morgan fingerprint density at radius 2 is 1.06 bits per heavy atom. The second-order valence-electron chi connectivity index (χ2n) is 6.82. The molecule has 0 aliphatic rings. The normalized spacial score (nSPS) is 11.2. The van der Waals surface area contributed by atoms with Crippen molar-refractivity contribution >= 4 is 21.7 Å². The van der Waals surface area contributed by atoms with Crippen molar-refractivity contribution in [2.45, 2.75) is 0 Å². The maximum absolute atomic E-state index is 8.49. The molecule has 0 atom stereocenters. The van der Waals surface area contributed by atoms with Crippen LogP contribution in [0.15, 0.2) is 108 Å². The molecule has 0 bridgehead atoms. The first-order valence-corrected chi connectivity index (χ1v) is 10.6. The van der Waals surface area contributed by atoms with Crippen molar-refractivity contribution in [3.8, 4) is 22.5 Å². The summed E-state index contributed by atoms with van der Waals surface area (Å²) in [5.41, 5.74) is 4.43. The zero-order chi connectivity index (χ0) is 21.8. The molecule has 0 N–H and O–H groups in total. The fraction of sp³-hybridized carbons (Fsp3) is 0. The van der Waals surface area contributed by atoms with Crippen LogP contribution < -0.4 is 18.6 Å². The lowest BCUT2D eigenvalue weighted by Crippen LogP contribution is -2.68. The van der Waals surface area contributed by atoms with Gasteiger partial charge in [0.2, 0.25) is 0 Å². The molecule has 31 heavy (non-hydrogen) atoms. The van der Waals surface area contributed by atoms with Crippen LogP contribution in [0.2, 0.25) is 0 Å². The van der Waals surface area contributed by atoms with E-state index in [9.17, 15) is 0 Å². The highest BCUT2D eigenvalue weighted by atomic mass is 35.7. The molecule has 4 aromatic carbocycles. The van der Waals surface area contributed by atoms with Gasteiger partial charge >= 0.3 is 11.3 Å². The summed E-state index contributed by atoms with van der Waals surface area (Å²) in [4.78, 5) is 0. The first-order chi connectivity index (χ1) is 14.9. The molecule has 1 heterocycles. The average Bonchev–Trinajstić information content (AvgIpc) is 2.78. The van der Waals surface area contributed by atoms with E-state index in [1.54, 1.807) is 0 Å². The van der Waals surface area contributed by atoms with Crippen LogP contribution in [-0.4, -0.2) is 0 Å². The van der Waals surface area contributed by atoms with Gasteiger partial charge in [-0.05, 0) is 46.2 Å². The van der Waals surface area contributed by atoms with Crippen molar-refractivity contribution in [2.24, 2.45) is 0 Å². The van der Waals surface area contributed by atoms with Crippen molar-refractivity contribution in [2.75, 3.05) is 0 Å². The Morgan fingerprint density at radius 1 is 0.484 bits per heavy atom. The van der Waals surface area contributed by atoms with E-state index >= 15 is 0 Å². The molecule has 5 aromatic rings. The molecule has 1 aromatic heterocycles. The molecule has 6 heteroatoms. The molecular formula is C25H17ClO5. The number of hydrogen-bond acceptors (Lipinski definition) is 4. The van der Waals surface area contributed by atoms with Gasteiger partial charge in [0.1, 0.15) is 0 Å². The van der Waals surface area contributed by atoms with Crippen molar-refractivity contribution in [1.29, 1.82) is 0 Å². The zero-order valence-electron chi connectivity index (χ0n) is 16.2. The molecule has 0 saturated carbocycles. The lowest BCUT2D eigenvalue weighted by atomic mass is 10.0. The highest BCUT2D eigenvalue weighted by Crippen LogP contribution is 2.30. The summed E-state index contributed by atoms with van der Waals surface area (Å²) in [5.74, 6) is 0.882. The third-order valence-electron chi connectivity index (χ3n) is 4.83. The smallest absolute Gasteiger partial charge is 0.222 e. The van der Waals surface area contributed by atoms with Gasteiger partial charge in [-0.3, -0.25) is 0 Å². The maximum atomic E-state index is 8.49. The van der Waals surface area contributed by atoms with Crippen molar-refractivity contribution in [3.63, 3.8) is 0 Å². The SMILES string of the molecule is [O-][Cl+3]([O-])([O-])[O-].c1ccc(-c2ccc(-c3ccc4c(ccc5ccccc54)[o+]3)cc2)cc1. The van der Waals surface area contributed by atoms with E-state index in [4.69, 9.17) is 23.1 Å². The van der Waals surface area contributed by atoms with Crippen molar-refractivity contribution in [3.05, 3.63) is 103 Å². The van der Waals surface area contributed by atoms with Crippen LogP contribution in [-0.2, 0) is 0 Å². The van der Waals surface area contributed by atoms with Crippen molar-refractivity contribution < 1.29 is 33.3 Å². The third kappa shape index (κ3) is 5.24. The Bertz CT molecular complexity index is 1310. The molecule has 0 fully saturated rings. The fourth-order valence-electron chi connectivity index (χ4n) is 3.46. The van der Waals surface area contributed by atoms with Gasteiger partial charge in [0.15, 0.2) is 0 Å². The molecule has 0 radical (unpaired) electrons. The highest BCUT2D eigenvalue weighted by molar-refractivity contribution is 6.05. The fourth-order valence-corrected chi connectivity index (χ4v) is 3.46. The molecule has 5 nitrogen and oxygen atoms in total. The van der Waals surface area contributed by atoms with Crippen LogP contribution in [0.4, 0.5) is 0 Å². The summed E-state index contributed by atoms with van der Waals surface area (Å²) in [7, 11) is -4.94. The van der Waals surface area contributed by atoms with E-state index in [1.807, 2.05) is 6.07 Å². The summed E-state index contributed by atoms with van der Waals surface area (Å²) in [5, 5.41) is 3.60. The minimum atomic E-state index is -4.94. The first kappa shape index (κ1) is 20.9. The molecular weight excluding hydrogens is 416 g/mol. The van der Waals surface area contributed by atoms with Gasteiger partial charge < -0.3 is 0 Å². The monoisotopic (exact) mass is 432 g/mol. The van der Waals surface area contributed by atoms with Crippen LogP contribution in [0.3, 0.4) is 0 Å². The van der Waals surface area contributed by atoms with E-state index in [2.05, 4.69) is 97.1 Å². The van der Waals surface area contributed by atoms with E-state index in [0.29, 0.717) is 0 Å². The van der Waals surface area contributed by atoms with Crippen LogP contribution in [0, 0.1) is 10.2 Å². The van der Waals surface area contributed by atoms with Gasteiger partial charge in [0.05, 0.1) is 10.9 Å². The second kappa shape index (κ2) is 8.81. The molecule has 0 spiro atoms. The molecule has 0 amide bonds. The molecule has 5 rings (SSSR count). The van der Waals surface area contributed by atoms with Crippen LogP contribution in [0.1, 0.15) is 0 Å². The average molecular weight is 433 g/mol. The number of hydrogen-bond donors (Lipinski definition) is 0. The summed E-state index contributed by atoms with van der Waals surface area (Å²) in [6.07, 6.45) is 0. The Hall–Kier alpha value is -3.32. The number of fused-ring (bicyclic) bond motifs is 3. The van der Waals surface area contributed by atoms with Gasteiger partial charge in [0.25, 0.3) is 0 Å². The summed E-state index contributed by atoms with van der Waals surface area (Å²) < 4.78 is 40.2. The maximum Gasteiger partial charge on any atom is 0.361 e. The number of halogens is 1. The van der Waals surface area contributed by atoms with E-state index < -0.39 is 10.2 Å². The Morgan fingerprint density at radius 3 is 1.77 bits per heavy atom. The Labute approximate surface area is 180 Å². The van der Waals surface area contributed by atoms with E-state index in [0.717, 1.165) is 22.3 Å². The number of benzene rings is 4. The molecule has 0 aliphatic carbocycles. The Balaban J connectivity index is 0.000000418. The van der Waals surface area contributed by atoms with Gasteiger partial charge in [-0.2, -0.15) is 0 Å². The van der Waals surface area contributed by atoms with Gasteiger partial charge in [0, 0.05) is 12.1 Å². The minimum Gasteiger partial charge on any atom is -0.222 e. The topological polar surface area (TPSA) is 104 Å². The molecule has 0 saturated heterocycles. The lowest BCUT2D eigenvalue weighted by Gasteiger charge is -2.17. The Kier molecular flexibility index (Phi) is 5.95. The predicted octanol–water partition coefficient (Wildman–Crippen LogP) is 2.45. The molecule has 154 valence electrons. The van der Waals surface area contributed by atoms with Gasteiger partial charge in [-0.25, -0.2) is 23.1 Å². The first-order valence-electron chi connectivity index (χ1n) is 9.41. The van der Waals surface area contributed by atoms with Gasteiger partial charge in [-0.15, -0.1) is 10.2 Å². The quantitative estimate of drug-likeness (QED) is 0.315. The lowest BCUT2D eigenvalue weighted by molar-refractivity contribution is -2.00. The van der Waals surface area contributed by atoms with Crippen LogP contribution >= 0.6 is 0 Å². The largest absolute Gasteiger partial charge is 0.361 e. The van der Waals surface area contributed by atoms with Crippen LogP contribution in [0.25, 0.3) is 44.2 Å². The third-order valence-corrected chi connectivity index (χ3v) is 4.83. The minimum absolute atomic E-state index is 0.882. The van der Waals surface area contributed by atoms with E-state index in [1.165, 1.54) is 21.9 Å². The second-order valence-corrected chi connectivity index (χ2v) is 7.58. The summed E-state index contributed by atoms with van der Waals surface area (Å²) in [6.45, 7) is 0. The zero-order valence-corrected chi connectivity index (χ0v) is 17.0. The molecule has 0 unspecified atom stereocenters. The number of rotatable bonds is 2.